The summed E-state index contributed by atoms with van der Waals surface area (Å²) in [5, 5.41) is 0. The van der Waals surface area contributed by atoms with Crippen molar-refractivity contribution in [3.05, 3.63) is 0 Å². The molecule has 1 heterocycles. The minimum atomic E-state index is -0.251. The van der Waals surface area contributed by atoms with Crippen molar-refractivity contribution in [2.24, 2.45) is 17.8 Å². The predicted octanol–water partition coefficient (Wildman–Crippen LogP) is 1.46. The van der Waals surface area contributed by atoms with E-state index in [9.17, 15) is 9.59 Å². The number of hydrogen-bond donors (Lipinski definition) is 0. The van der Waals surface area contributed by atoms with Gasteiger partial charge in [0.2, 0.25) is 5.91 Å². The third-order valence-electron chi connectivity index (χ3n) is 4.03. The van der Waals surface area contributed by atoms with Crippen LogP contribution >= 0.6 is 0 Å². The zero-order chi connectivity index (χ0) is 14.7. The zero-order valence-corrected chi connectivity index (χ0v) is 12.6. The molecule has 0 bridgehead atoms. The Labute approximate surface area is 120 Å². The van der Waals surface area contributed by atoms with Crippen LogP contribution in [0.4, 0.5) is 0 Å². The molecule has 1 saturated heterocycles. The average molecular weight is 283 g/mol. The first-order valence-electron chi connectivity index (χ1n) is 7.51. The average Bonchev–Trinajstić information content (AvgIpc) is 3.24. The highest BCUT2D eigenvalue weighted by Crippen LogP contribution is 2.41. The van der Waals surface area contributed by atoms with Crippen LogP contribution in [-0.4, -0.2) is 49.7 Å². The minimum absolute atomic E-state index is 0.114. The van der Waals surface area contributed by atoms with E-state index in [-0.39, 0.29) is 29.8 Å². The van der Waals surface area contributed by atoms with Crippen molar-refractivity contribution in [3.8, 4) is 0 Å². The third kappa shape index (κ3) is 3.72. The summed E-state index contributed by atoms with van der Waals surface area (Å²) in [5.41, 5.74) is 0. The molecule has 0 spiro atoms. The van der Waals surface area contributed by atoms with E-state index >= 15 is 0 Å². The van der Waals surface area contributed by atoms with Gasteiger partial charge in [0, 0.05) is 19.7 Å². The fourth-order valence-corrected chi connectivity index (χ4v) is 2.69. The summed E-state index contributed by atoms with van der Waals surface area (Å²) < 4.78 is 10.5. The molecule has 1 saturated carbocycles. The maximum Gasteiger partial charge on any atom is 0.309 e. The number of rotatable bonds is 5. The number of ether oxygens (including phenoxy) is 2. The van der Waals surface area contributed by atoms with Gasteiger partial charge in [0.25, 0.3) is 0 Å². The van der Waals surface area contributed by atoms with Crippen molar-refractivity contribution in [1.29, 1.82) is 0 Å². The Hall–Kier alpha value is -1.10. The maximum atomic E-state index is 12.2. The van der Waals surface area contributed by atoms with Gasteiger partial charge in [0.1, 0.15) is 0 Å². The molecule has 0 aromatic heterocycles. The quantitative estimate of drug-likeness (QED) is 0.717. The fraction of sp³-hybridized carbons (Fsp3) is 0.867. The van der Waals surface area contributed by atoms with Crippen LogP contribution in [0.3, 0.4) is 0 Å². The van der Waals surface area contributed by atoms with Crippen LogP contribution in [0.15, 0.2) is 0 Å². The molecule has 5 heteroatoms. The van der Waals surface area contributed by atoms with Crippen molar-refractivity contribution in [1.82, 2.24) is 4.90 Å². The number of carbonyl (C=O) groups excluding carboxylic acids is 2. The van der Waals surface area contributed by atoms with Crippen LogP contribution in [0.1, 0.15) is 33.1 Å². The normalized spacial score (nSPS) is 26.7. The molecule has 2 fully saturated rings. The summed E-state index contributed by atoms with van der Waals surface area (Å²) in [5.74, 6) is 0.0566. The fourth-order valence-electron chi connectivity index (χ4n) is 2.69. The summed E-state index contributed by atoms with van der Waals surface area (Å²) in [4.78, 5) is 25.5. The van der Waals surface area contributed by atoms with Crippen molar-refractivity contribution in [2.75, 3.05) is 26.8 Å². The lowest BCUT2D eigenvalue weighted by Crippen LogP contribution is -2.42. The molecule has 0 aromatic carbocycles. The van der Waals surface area contributed by atoms with E-state index in [1.165, 1.54) is 7.11 Å². The number of likely N-dealkylation sites (tertiary alicyclic amines) is 1. The second-order valence-corrected chi connectivity index (χ2v) is 6.22. The van der Waals surface area contributed by atoms with Gasteiger partial charge in [0.05, 0.1) is 25.0 Å². The van der Waals surface area contributed by atoms with E-state index in [0.29, 0.717) is 12.3 Å². The van der Waals surface area contributed by atoms with Crippen molar-refractivity contribution in [3.63, 3.8) is 0 Å². The van der Waals surface area contributed by atoms with Crippen LogP contribution < -0.4 is 0 Å². The van der Waals surface area contributed by atoms with Gasteiger partial charge in [-0.15, -0.1) is 0 Å². The molecule has 114 valence electrons. The van der Waals surface area contributed by atoms with Crippen LogP contribution in [0, 0.1) is 17.8 Å². The van der Waals surface area contributed by atoms with Crippen molar-refractivity contribution >= 4 is 11.9 Å². The SMILES string of the molecule is COC(=O)[C@H]1C[C@@H]1C(=O)N1CCC(OCC(C)C)CC1. The first-order valence-corrected chi connectivity index (χ1v) is 7.51. The number of carbonyl (C=O) groups is 2. The van der Waals surface area contributed by atoms with Gasteiger partial charge in [-0.2, -0.15) is 0 Å². The highest BCUT2D eigenvalue weighted by atomic mass is 16.5. The molecule has 0 radical (unpaired) electrons. The summed E-state index contributed by atoms with van der Waals surface area (Å²) in [6.07, 6.45) is 2.72. The molecule has 2 atom stereocenters. The molecule has 1 aliphatic carbocycles. The first-order chi connectivity index (χ1) is 9.52. The lowest BCUT2D eigenvalue weighted by Gasteiger charge is -2.32. The van der Waals surface area contributed by atoms with Gasteiger partial charge < -0.3 is 14.4 Å². The zero-order valence-electron chi connectivity index (χ0n) is 12.6. The molecule has 5 nitrogen and oxygen atoms in total. The smallest absolute Gasteiger partial charge is 0.309 e. The van der Waals surface area contributed by atoms with E-state index in [2.05, 4.69) is 18.6 Å². The second kappa shape index (κ2) is 6.57. The van der Waals surface area contributed by atoms with Gasteiger partial charge >= 0.3 is 5.97 Å². The monoisotopic (exact) mass is 283 g/mol. The Kier molecular flexibility index (Phi) is 5.02. The highest BCUT2D eigenvalue weighted by molar-refractivity contribution is 5.90. The van der Waals surface area contributed by atoms with Crippen molar-refractivity contribution < 1.29 is 19.1 Å². The maximum absolute atomic E-state index is 12.2. The Bertz CT molecular complexity index is 361. The summed E-state index contributed by atoms with van der Waals surface area (Å²) in [6, 6.07) is 0. The minimum Gasteiger partial charge on any atom is -0.469 e. The molecule has 0 unspecified atom stereocenters. The number of hydrogen-bond acceptors (Lipinski definition) is 4. The topological polar surface area (TPSA) is 55.8 Å². The van der Waals surface area contributed by atoms with E-state index < -0.39 is 0 Å². The van der Waals surface area contributed by atoms with Gasteiger partial charge in [-0.1, -0.05) is 13.8 Å². The van der Waals surface area contributed by atoms with E-state index in [1.54, 1.807) is 0 Å². The highest BCUT2D eigenvalue weighted by Gasteiger charge is 2.50. The van der Waals surface area contributed by atoms with E-state index in [4.69, 9.17) is 4.74 Å². The molecule has 1 amide bonds. The number of piperidine rings is 1. The van der Waals surface area contributed by atoms with Crippen molar-refractivity contribution in [2.45, 2.75) is 39.2 Å². The van der Waals surface area contributed by atoms with Crippen LogP contribution in [-0.2, 0) is 19.1 Å². The van der Waals surface area contributed by atoms with Gasteiger partial charge in [-0.25, -0.2) is 0 Å². The molecule has 1 aliphatic heterocycles. The molecule has 2 rings (SSSR count). The predicted molar refractivity (Wildman–Crippen MR) is 74.0 cm³/mol. The lowest BCUT2D eigenvalue weighted by molar-refractivity contribution is -0.145. The van der Waals surface area contributed by atoms with Crippen LogP contribution in [0.25, 0.3) is 0 Å². The summed E-state index contributed by atoms with van der Waals surface area (Å²) in [6.45, 7) is 6.54. The van der Waals surface area contributed by atoms with E-state index in [0.717, 1.165) is 32.5 Å². The number of nitrogens with zero attached hydrogens (tertiary/aromatic N) is 1. The third-order valence-corrected chi connectivity index (χ3v) is 4.03. The number of esters is 1. The van der Waals surface area contributed by atoms with Gasteiger partial charge in [-0.3, -0.25) is 9.59 Å². The van der Waals surface area contributed by atoms with Gasteiger partial charge in [-0.05, 0) is 25.2 Å². The number of methoxy groups -OCH3 is 1. The summed E-state index contributed by atoms with van der Waals surface area (Å²) in [7, 11) is 1.37. The molecular formula is C15H25NO4. The molecule has 0 aromatic rings. The molecular weight excluding hydrogens is 258 g/mol. The summed E-state index contributed by atoms with van der Waals surface area (Å²) >= 11 is 0. The Morgan fingerprint density at radius 3 is 2.40 bits per heavy atom. The Morgan fingerprint density at radius 2 is 1.85 bits per heavy atom. The Balaban J connectivity index is 1.72. The number of amides is 1. The largest absolute Gasteiger partial charge is 0.469 e. The molecule has 2 aliphatic rings. The molecule has 20 heavy (non-hydrogen) atoms. The second-order valence-electron chi connectivity index (χ2n) is 6.22. The van der Waals surface area contributed by atoms with Crippen LogP contribution in [0.2, 0.25) is 0 Å². The van der Waals surface area contributed by atoms with Gasteiger partial charge in [0.15, 0.2) is 0 Å². The first kappa shape index (κ1) is 15.3. The standard InChI is InChI=1S/C15H25NO4/c1-10(2)9-20-11-4-6-16(7-5-11)14(17)12-8-13(12)15(18)19-3/h10-13H,4-9H2,1-3H3/t12-,13-/m0/s1. The lowest BCUT2D eigenvalue weighted by atomic mass is 10.1. The molecule has 0 N–H and O–H groups in total. The van der Waals surface area contributed by atoms with Crippen LogP contribution in [0.5, 0.6) is 0 Å². The Morgan fingerprint density at radius 1 is 1.20 bits per heavy atom. The van der Waals surface area contributed by atoms with E-state index in [1.807, 2.05) is 4.90 Å².